The molecule has 0 atom stereocenters. The summed E-state index contributed by atoms with van der Waals surface area (Å²) in [4.78, 5) is 34.6. The summed E-state index contributed by atoms with van der Waals surface area (Å²) < 4.78 is 0. The first-order chi connectivity index (χ1) is 8.95. The van der Waals surface area contributed by atoms with Crippen molar-refractivity contribution in [2.24, 2.45) is 4.99 Å². The SMILES string of the molecule is Cc1cc(C)nc(/N=C/c2c(O)[nH]c(=O)[nH]c2=O)c1. The smallest absolute Gasteiger partial charge is 0.328 e. The third-order valence-electron chi connectivity index (χ3n) is 2.37. The highest BCUT2D eigenvalue weighted by atomic mass is 16.3. The van der Waals surface area contributed by atoms with Crippen molar-refractivity contribution >= 4 is 12.0 Å². The first-order valence-electron chi connectivity index (χ1n) is 5.50. The predicted octanol–water partition coefficient (Wildman–Crippen LogP) is 0.531. The molecule has 0 aliphatic rings. The third kappa shape index (κ3) is 2.95. The van der Waals surface area contributed by atoms with Gasteiger partial charge >= 0.3 is 5.69 Å². The molecule has 0 bridgehead atoms. The number of rotatable bonds is 2. The van der Waals surface area contributed by atoms with Gasteiger partial charge in [-0.05, 0) is 31.5 Å². The van der Waals surface area contributed by atoms with Crippen LogP contribution in [-0.4, -0.2) is 26.3 Å². The molecule has 2 aromatic rings. The number of H-pyrrole nitrogens is 2. The summed E-state index contributed by atoms with van der Waals surface area (Å²) in [5, 5.41) is 9.47. The summed E-state index contributed by atoms with van der Waals surface area (Å²) in [6, 6.07) is 3.63. The van der Waals surface area contributed by atoms with Gasteiger partial charge < -0.3 is 5.11 Å². The highest BCUT2D eigenvalue weighted by molar-refractivity contribution is 5.83. The Kier molecular flexibility index (Phi) is 3.28. The second-order valence-electron chi connectivity index (χ2n) is 4.07. The summed E-state index contributed by atoms with van der Waals surface area (Å²) in [7, 11) is 0. The first-order valence-corrected chi connectivity index (χ1v) is 5.50. The van der Waals surface area contributed by atoms with E-state index in [0.29, 0.717) is 5.82 Å². The lowest BCUT2D eigenvalue weighted by molar-refractivity contribution is 0.447. The highest BCUT2D eigenvalue weighted by Crippen LogP contribution is 2.12. The molecule has 0 aromatic carbocycles. The fourth-order valence-electron chi connectivity index (χ4n) is 1.62. The first kappa shape index (κ1) is 12.7. The number of aliphatic imine (C=N–C) groups is 1. The minimum Gasteiger partial charge on any atom is -0.494 e. The van der Waals surface area contributed by atoms with Gasteiger partial charge in [-0.3, -0.25) is 14.8 Å². The van der Waals surface area contributed by atoms with E-state index < -0.39 is 17.1 Å². The van der Waals surface area contributed by atoms with Gasteiger partial charge in [0.1, 0.15) is 5.56 Å². The molecule has 0 saturated carbocycles. The predicted molar refractivity (Wildman–Crippen MR) is 70.3 cm³/mol. The molecule has 2 aromatic heterocycles. The van der Waals surface area contributed by atoms with Crippen molar-refractivity contribution in [1.29, 1.82) is 0 Å². The fraction of sp³-hybridized carbons (Fsp3) is 0.167. The molecule has 0 spiro atoms. The van der Waals surface area contributed by atoms with Crippen LogP contribution < -0.4 is 11.2 Å². The molecule has 0 amide bonds. The standard InChI is InChI=1S/C12H12N4O3/c1-6-3-7(2)14-9(4-6)13-5-8-10(17)15-12(19)16-11(8)18/h3-5H,1-2H3,(H3,15,16,17,18,19)/b13-5+. The van der Waals surface area contributed by atoms with Crippen molar-refractivity contribution in [2.75, 3.05) is 0 Å². The van der Waals surface area contributed by atoms with Gasteiger partial charge in [0.05, 0.1) is 0 Å². The molecule has 7 heteroatoms. The van der Waals surface area contributed by atoms with E-state index in [1.807, 2.05) is 24.9 Å². The minimum absolute atomic E-state index is 0.124. The fourth-order valence-corrected chi connectivity index (χ4v) is 1.62. The number of hydrogen-bond acceptors (Lipinski definition) is 5. The summed E-state index contributed by atoms with van der Waals surface area (Å²) in [5.74, 6) is -0.107. The van der Waals surface area contributed by atoms with Crippen LogP contribution in [0.25, 0.3) is 0 Å². The van der Waals surface area contributed by atoms with Crippen molar-refractivity contribution in [3.05, 3.63) is 49.8 Å². The largest absolute Gasteiger partial charge is 0.494 e. The normalized spacial score (nSPS) is 11.1. The maximum atomic E-state index is 11.5. The molecule has 7 nitrogen and oxygen atoms in total. The summed E-state index contributed by atoms with van der Waals surface area (Å²) in [6.07, 6.45) is 1.16. The Hall–Kier alpha value is -2.70. The zero-order chi connectivity index (χ0) is 14.0. The van der Waals surface area contributed by atoms with Crippen molar-refractivity contribution in [2.45, 2.75) is 13.8 Å². The number of nitrogens with one attached hydrogen (secondary N) is 2. The number of aryl methyl sites for hydroxylation is 2. The second kappa shape index (κ2) is 4.89. The Morgan fingerprint density at radius 2 is 2.00 bits per heavy atom. The van der Waals surface area contributed by atoms with Crippen LogP contribution in [0.3, 0.4) is 0 Å². The van der Waals surface area contributed by atoms with Crippen LogP contribution in [0.1, 0.15) is 16.8 Å². The highest BCUT2D eigenvalue weighted by Gasteiger charge is 2.05. The van der Waals surface area contributed by atoms with E-state index in [1.165, 1.54) is 0 Å². The number of pyridine rings is 1. The summed E-state index contributed by atoms with van der Waals surface area (Å²) in [5.41, 5.74) is 0.171. The Morgan fingerprint density at radius 3 is 2.63 bits per heavy atom. The van der Waals surface area contributed by atoms with E-state index in [1.54, 1.807) is 6.07 Å². The van der Waals surface area contributed by atoms with Gasteiger partial charge in [0, 0.05) is 11.9 Å². The van der Waals surface area contributed by atoms with E-state index >= 15 is 0 Å². The molecule has 0 aliphatic heterocycles. The molecule has 0 unspecified atom stereocenters. The second-order valence-corrected chi connectivity index (χ2v) is 4.07. The zero-order valence-electron chi connectivity index (χ0n) is 10.4. The van der Waals surface area contributed by atoms with Crippen LogP contribution in [-0.2, 0) is 0 Å². The molecule has 98 valence electrons. The molecule has 2 rings (SSSR count). The van der Waals surface area contributed by atoms with Gasteiger partial charge in [-0.25, -0.2) is 14.8 Å². The molecule has 0 saturated heterocycles. The Bertz CT molecular complexity index is 738. The van der Waals surface area contributed by atoms with E-state index in [-0.39, 0.29) is 5.56 Å². The van der Waals surface area contributed by atoms with E-state index in [2.05, 4.69) is 15.0 Å². The Morgan fingerprint density at radius 1 is 1.26 bits per heavy atom. The van der Waals surface area contributed by atoms with Crippen LogP contribution in [0.4, 0.5) is 5.82 Å². The molecular formula is C12H12N4O3. The van der Waals surface area contributed by atoms with Crippen LogP contribution in [0.15, 0.2) is 26.7 Å². The number of aromatic nitrogens is 3. The van der Waals surface area contributed by atoms with E-state index in [9.17, 15) is 14.7 Å². The van der Waals surface area contributed by atoms with Crippen LogP contribution in [0.2, 0.25) is 0 Å². The number of aromatic hydroxyl groups is 1. The summed E-state index contributed by atoms with van der Waals surface area (Å²) >= 11 is 0. The van der Waals surface area contributed by atoms with Crippen LogP contribution in [0, 0.1) is 13.8 Å². The van der Waals surface area contributed by atoms with Crippen molar-refractivity contribution in [3.63, 3.8) is 0 Å². The number of nitrogens with zero attached hydrogens (tertiary/aromatic N) is 2. The molecular weight excluding hydrogens is 248 g/mol. The van der Waals surface area contributed by atoms with Gasteiger partial charge in [0.2, 0.25) is 5.88 Å². The maximum absolute atomic E-state index is 11.5. The molecule has 0 radical (unpaired) electrons. The molecule has 3 N–H and O–H groups in total. The zero-order valence-corrected chi connectivity index (χ0v) is 10.4. The van der Waals surface area contributed by atoms with Gasteiger partial charge in [-0.1, -0.05) is 0 Å². The van der Waals surface area contributed by atoms with Gasteiger partial charge in [-0.15, -0.1) is 0 Å². The van der Waals surface area contributed by atoms with Gasteiger partial charge in [0.25, 0.3) is 5.56 Å². The lowest BCUT2D eigenvalue weighted by atomic mass is 10.2. The Balaban J connectivity index is 2.43. The van der Waals surface area contributed by atoms with Gasteiger partial charge in [0.15, 0.2) is 5.82 Å². The average molecular weight is 260 g/mol. The number of hydrogen-bond donors (Lipinski definition) is 3. The van der Waals surface area contributed by atoms with Crippen LogP contribution in [0.5, 0.6) is 5.88 Å². The average Bonchev–Trinajstić information content (AvgIpc) is 2.25. The van der Waals surface area contributed by atoms with Crippen molar-refractivity contribution in [1.82, 2.24) is 15.0 Å². The lowest BCUT2D eigenvalue weighted by Crippen LogP contribution is -2.24. The Labute approximate surface area is 107 Å². The van der Waals surface area contributed by atoms with Gasteiger partial charge in [-0.2, -0.15) is 0 Å². The van der Waals surface area contributed by atoms with E-state index in [4.69, 9.17) is 0 Å². The van der Waals surface area contributed by atoms with E-state index in [0.717, 1.165) is 17.5 Å². The molecule has 19 heavy (non-hydrogen) atoms. The molecule has 2 heterocycles. The quantitative estimate of drug-likeness (QED) is 0.684. The maximum Gasteiger partial charge on any atom is 0.328 e. The van der Waals surface area contributed by atoms with Crippen molar-refractivity contribution < 1.29 is 5.11 Å². The monoisotopic (exact) mass is 260 g/mol. The van der Waals surface area contributed by atoms with Crippen LogP contribution >= 0.6 is 0 Å². The number of aromatic amines is 2. The summed E-state index contributed by atoms with van der Waals surface area (Å²) in [6.45, 7) is 3.73. The molecule has 0 aliphatic carbocycles. The molecule has 0 fully saturated rings. The third-order valence-corrected chi connectivity index (χ3v) is 2.37. The topological polar surface area (TPSA) is 111 Å². The minimum atomic E-state index is -0.774. The van der Waals surface area contributed by atoms with Crippen molar-refractivity contribution in [3.8, 4) is 5.88 Å². The lowest BCUT2D eigenvalue weighted by Gasteiger charge is -1.99.